The van der Waals surface area contributed by atoms with Crippen molar-refractivity contribution in [3.8, 4) is 6.07 Å². The van der Waals surface area contributed by atoms with E-state index in [1.165, 1.54) is 24.6 Å². The highest BCUT2D eigenvalue weighted by Crippen LogP contribution is 2.31. The molecule has 0 aliphatic heterocycles. The molecule has 1 heterocycles. The zero-order valence-electron chi connectivity index (χ0n) is 13.2. The van der Waals surface area contributed by atoms with Crippen molar-refractivity contribution in [2.75, 3.05) is 5.75 Å². The number of carbonyl (C=O) groups is 1. The van der Waals surface area contributed by atoms with Crippen molar-refractivity contribution in [1.82, 2.24) is 25.5 Å². The molecule has 1 aromatic carbocycles. The van der Waals surface area contributed by atoms with Gasteiger partial charge in [0.25, 0.3) is 0 Å². The van der Waals surface area contributed by atoms with Crippen molar-refractivity contribution in [2.45, 2.75) is 43.4 Å². The maximum absolute atomic E-state index is 12.0. The molecule has 0 radical (unpaired) electrons. The van der Waals surface area contributed by atoms with Crippen molar-refractivity contribution < 1.29 is 4.79 Å². The predicted octanol–water partition coefficient (Wildman–Crippen LogP) is 2.07. The topological polar surface area (TPSA) is 96.5 Å². The van der Waals surface area contributed by atoms with Gasteiger partial charge in [0.2, 0.25) is 11.1 Å². The smallest absolute Gasteiger partial charge is 0.230 e. The number of hydrogen-bond donors (Lipinski definition) is 1. The quantitative estimate of drug-likeness (QED) is 0.807. The van der Waals surface area contributed by atoms with E-state index in [0.29, 0.717) is 23.3 Å². The number of nitrogens with zero attached hydrogens (tertiary/aromatic N) is 5. The van der Waals surface area contributed by atoms with Gasteiger partial charge in [-0.2, -0.15) is 5.26 Å². The number of aromatic nitrogens is 4. The molecule has 1 fully saturated rings. The zero-order valence-corrected chi connectivity index (χ0v) is 14.0. The summed E-state index contributed by atoms with van der Waals surface area (Å²) in [5.74, 6) is 0.217. The molecule has 1 N–H and O–H groups in total. The van der Waals surface area contributed by atoms with Crippen molar-refractivity contribution in [1.29, 1.82) is 5.26 Å². The van der Waals surface area contributed by atoms with E-state index in [1.807, 2.05) is 16.8 Å². The first-order valence-corrected chi connectivity index (χ1v) is 8.91. The Morgan fingerprint density at radius 3 is 2.79 bits per heavy atom. The number of amides is 1. The van der Waals surface area contributed by atoms with Gasteiger partial charge in [0.1, 0.15) is 0 Å². The maximum Gasteiger partial charge on any atom is 0.230 e. The third kappa shape index (κ3) is 4.11. The second-order valence-corrected chi connectivity index (χ2v) is 6.66. The minimum absolute atomic E-state index is 0.0645. The molecule has 0 saturated heterocycles. The van der Waals surface area contributed by atoms with Gasteiger partial charge in [-0.1, -0.05) is 36.7 Å². The molecule has 1 aliphatic rings. The normalized spacial score (nSPS) is 14.5. The molecule has 8 heteroatoms. The van der Waals surface area contributed by atoms with Crippen molar-refractivity contribution in [2.24, 2.45) is 0 Å². The summed E-state index contributed by atoms with van der Waals surface area (Å²) in [5.41, 5.74) is 1.57. The highest BCUT2D eigenvalue weighted by molar-refractivity contribution is 7.99. The lowest BCUT2D eigenvalue weighted by Crippen LogP contribution is -2.24. The first kappa shape index (κ1) is 16.5. The summed E-state index contributed by atoms with van der Waals surface area (Å²) >= 11 is 1.36. The average molecular weight is 342 g/mol. The average Bonchev–Trinajstić information content (AvgIpc) is 3.29. The number of nitriles is 1. The van der Waals surface area contributed by atoms with E-state index < -0.39 is 0 Å². The summed E-state index contributed by atoms with van der Waals surface area (Å²) in [7, 11) is 0. The van der Waals surface area contributed by atoms with Gasteiger partial charge in [-0.25, -0.2) is 4.68 Å². The Labute approximate surface area is 144 Å². The van der Waals surface area contributed by atoms with Gasteiger partial charge >= 0.3 is 0 Å². The molecule has 0 spiro atoms. The fraction of sp³-hybridized carbons (Fsp3) is 0.438. The highest BCUT2D eigenvalue weighted by atomic mass is 32.2. The minimum Gasteiger partial charge on any atom is -0.351 e. The maximum atomic E-state index is 12.0. The molecule has 2 aromatic rings. The van der Waals surface area contributed by atoms with Crippen LogP contribution in [0, 0.1) is 11.3 Å². The summed E-state index contributed by atoms with van der Waals surface area (Å²) in [4.78, 5) is 12.0. The van der Waals surface area contributed by atoms with Crippen LogP contribution in [-0.4, -0.2) is 31.9 Å². The fourth-order valence-corrected chi connectivity index (χ4v) is 3.51. The molecule has 1 aromatic heterocycles. The Bertz CT molecular complexity index is 730. The van der Waals surface area contributed by atoms with Crippen LogP contribution in [0.5, 0.6) is 0 Å². The molecule has 124 valence electrons. The standard InChI is InChI=1S/C16H18N6OS/c17-9-12-5-7-13(8-6-12)10-18-15(23)11-24-16-19-20-21-22(16)14-3-1-2-4-14/h5-8,14H,1-4,10-11H2,(H,18,23). The number of benzene rings is 1. The Hall–Kier alpha value is -2.40. The van der Waals surface area contributed by atoms with Crippen LogP contribution in [-0.2, 0) is 11.3 Å². The van der Waals surface area contributed by atoms with Crippen LogP contribution in [0.2, 0.25) is 0 Å². The van der Waals surface area contributed by atoms with Gasteiger partial charge in [0.15, 0.2) is 0 Å². The number of thioether (sulfide) groups is 1. The number of carbonyl (C=O) groups excluding carboxylic acids is 1. The number of nitrogens with one attached hydrogen (secondary N) is 1. The van der Waals surface area contributed by atoms with E-state index in [4.69, 9.17) is 5.26 Å². The lowest BCUT2D eigenvalue weighted by atomic mass is 10.1. The monoisotopic (exact) mass is 342 g/mol. The van der Waals surface area contributed by atoms with Gasteiger partial charge < -0.3 is 5.32 Å². The molecule has 1 aliphatic carbocycles. The molecule has 0 bridgehead atoms. The molecular formula is C16H18N6OS. The number of hydrogen-bond acceptors (Lipinski definition) is 6. The van der Waals surface area contributed by atoms with Crippen LogP contribution in [0.1, 0.15) is 42.9 Å². The molecular weight excluding hydrogens is 324 g/mol. The molecule has 1 amide bonds. The van der Waals surface area contributed by atoms with Gasteiger partial charge in [-0.3, -0.25) is 4.79 Å². The number of tetrazole rings is 1. The van der Waals surface area contributed by atoms with Crippen molar-refractivity contribution >= 4 is 17.7 Å². The van der Waals surface area contributed by atoms with Crippen LogP contribution in [0.3, 0.4) is 0 Å². The molecule has 7 nitrogen and oxygen atoms in total. The van der Waals surface area contributed by atoms with E-state index >= 15 is 0 Å². The Balaban J connectivity index is 1.47. The SMILES string of the molecule is N#Cc1ccc(CNC(=O)CSc2nnnn2C2CCCC2)cc1. The summed E-state index contributed by atoms with van der Waals surface area (Å²) < 4.78 is 1.85. The van der Waals surface area contributed by atoms with E-state index in [0.717, 1.165) is 18.4 Å². The zero-order chi connectivity index (χ0) is 16.8. The summed E-state index contributed by atoms with van der Waals surface area (Å²) in [6.45, 7) is 0.443. The third-order valence-electron chi connectivity index (χ3n) is 4.04. The van der Waals surface area contributed by atoms with Gasteiger partial charge in [-0.15, -0.1) is 5.10 Å². The first-order chi connectivity index (χ1) is 11.8. The summed E-state index contributed by atoms with van der Waals surface area (Å²) in [6, 6.07) is 9.60. The first-order valence-electron chi connectivity index (χ1n) is 7.92. The van der Waals surface area contributed by atoms with Crippen molar-refractivity contribution in [3.63, 3.8) is 0 Å². The highest BCUT2D eigenvalue weighted by Gasteiger charge is 2.21. The Morgan fingerprint density at radius 2 is 2.08 bits per heavy atom. The fourth-order valence-electron chi connectivity index (χ4n) is 2.74. The summed E-state index contributed by atoms with van der Waals surface area (Å²) in [5, 5.41) is 24.2. The van der Waals surface area contributed by atoms with E-state index in [1.54, 1.807) is 12.1 Å². The van der Waals surface area contributed by atoms with E-state index in [2.05, 4.69) is 26.9 Å². The van der Waals surface area contributed by atoms with E-state index in [-0.39, 0.29) is 11.7 Å². The van der Waals surface area contributed by atoms with Gasteiger partial charge in [-0.05, 0) is 41.0 Å². The minimum atomic E-state index is -0.0645. The van der Waals surface area contributed by atoms with Gasteiger partial charge in [0, 0.05) is 6.54 Å². The third-order valence-corrected chi connectivity index (χ3v) is 4.97. The molecule has 24 heavy (non-hydrogen) atoms. The molecule has 0 unspecified atom stereocenters. The largest absolute Gasteiger partial charge is 0.351 e. The molecule has 0 atom stereocenters. The lowest BCUT2D eigenvalue weighted by molar-refractivity contribution is -0.118. The van der Waals surface area contributed by atoms with Crippen LogP contribution < -0.4 is 5.32 Å². The lowest BCUT2D eigenvalue weighted by Gasteiger charge is -2.10. The number of rotatable bonds is 6. The van der Waals surface area contributed by atoms with Crippen LogP contribution in [0.25, 0.3) is 0 Å². The second kappa shape index (κ2) is 7.93. The molecule has 3 rings (SSSR count). The summed E-state index contributed by atoms with van der Waals surface area (Å²) in [6.07, 6.45) is 4.62. The Kier molecular flexibility index (Phi) is 5.43. The van der Waals surface area contributed by atoms with Gasteiger partial charge in [0.05, 0.1) is 23.4 Å². The molecule has 1 saturated carbocycles. The van der Waals surface area contributed by atoms with Crippen LogP contribution in [0.4, 0.5) is 0 Å². The van der Waals surface area contributed by atoms with E-state index in [9.17, 15) is 4.79 Å². The Morgan fingerprint density at radius 1 is 1.33 bits per heavy atom. The van der Waals surface area contributed by atoms with Crippen LogP contribution >= 0.6 is 11.8 Å². The predicted molar refractivity (Wildman–Crippen MR) is 89.0 cm³/mol. The van der Waals surface area contributed by atoms with Crippen molar-refractivity contribution in [3.05, 3.63) is 35.4 Å². The second-order valence-electron chi connectivity index (χ2n) is 5.72. The van der Waals surface area contributed by atoms with Crippen LogP contribution in [0.15, 0.2) is 29.4 Å².